The molecule has 0 bridgehead atoms. The van der Waals surface area contributed by atoms with Gasteiger partial charge in [-0.25, -0.2) is 0 Å². The number of aromatic hydroxyl groups is 1. The van der Waals surface area contributed by atoms with E-state index in [1.54, 1.807) is 6.07 Å². The molecule has 5 aromatic carbocycles. The molecule has 0 heterocycles. The maximum absolute atomic E-state index is 13.1. The van der Waals surface area contributed by atoms with Gasteiger partial charge in [-0.3, -0.25) is 4.79 Å². The lowest BCUT2D eigenvalue weighted by atomic mass is 9.92. The number of hydrogen-bond donors (Lipinski definition) is 1. The smallest absolute Gasteiger partial charge is 0.311 e. The number of benzene rings is 5. The van der Waals surface area contributed by atoms with Gasteiger partial charge in [0.1, 0.15) is 11.5 Å². The first-order chi connectivity index (χ1) is 16.7. The number of rotatable bonds is 6. The number of hydrogen-bond acceptors (Lipinski definition) is 3. The van der Waals surface area contributed by atoms with Crippen molar-refractivity contribution in [3.8, 4) is 22.6 Å². The zero-order chi connectivity index (χ0) is 23.5. The normalized spacial score (nSPS) is 12.0. The van der Waals surface area contributed by atoms with Crippen LogP contribution in [0.2, 0.25) is 0 Å². The van der Waals surface area contributed by atoms with Crippen LogP contribution in [0.15, 0.2) is 103 Å². The summed E-state index contributed by atoms with van der Waals surface area (Å²) in [5.74, 6) is 0.624. The quantitative estimate of drug-likeness (QED) is 0.213. The van der Waals surface area contributed by atoms with E-state index in [-0.39, 0.29) is 17.6 Å². The van der Waals surface area contributed by atoms with Gasteiger partial charge in [0, 0.05) is 10.8 Å². The Bertz CT molecular complexity index is 1460. The minimum atomic E-state index is -0.251. The van der Waals surface area contributed by atoms with Gasteiger partial charge in [-0.05, 0) is 51.9 Å². The average molecular weight is 447 g/mol. The Morgan fingerprint density at radius 3 is 2.00 bits per heavy atom. The Hall–Kier alpha value is -4.11. The zero-order valence-corrected chi connectivity index (χ0v) is 19.1. The molecular formula is C31H26O3. The third-order valence-corrected chi connectivity index (χ3v) is 6.44. The monoisotopic (exact) mass is 446 g/mol. The predicted octanol–water partition coefficient (Wildman–Crippen LogP) is 7.85. The van der Waals surface area contributed by atoms with Crippen LogP contribution in [-0.4, -0.2) is 11.1 Å². The van der Waals surface area contributed by atoms with E-state index in [0.29, 0.717) is 12.2 Å². The largest absolute Gasteiger partial charge is 0.507 e. The van der Waals surface area contributed by atoms with Crippen molar-refractivity contribution in [3.63, 3.8) is 0 Å². The number of phenolic OH excluding ortho intramolecular Hbond substituents is 1. The number of carbonyl (C=O) groups is 1. The Labute approximate surface area is 199 Å². The molecule has 0 fully saturated rings. The molecule has 0 aliphatic heterocycles. The molecule has 1 N–H and O–H groups in total. The van der Waals surface area contributed by atoms with Gasteiger partial charge in [0.25, 0.3) is 0 Å². The second kappa shape index (κ2) is 9.40. The minimum absolute atomic E-state index is 0.109. The maximum Gasteiger partial charge on any atom is 0.311 e. The van der Waals surface area contributed by atoms with Crippen molar-refractivity contribution >= 4 is 27.5 Å². The fourth-order valence-corrected chi connectivity index (χ4v) is 4.75. The van der Waals surface area contributed by atoms with Gasteiger partial charge >= 0.3 is 5.97 Å². The molecule has 0 spiro atoms. The van der Waals surface area contributed by atoms with Gasteiger partial charge < -0.3 is 9.84 Å². The molecule has 34 heavy (non-hydrogen) atoms. The lowest BCUT2D eigenvalue weighted by Gasteiger charge is -2.17. The molecule has 5 aromatic rings. The maximum atomic E-state index is 13.1. The van der Waals surface area contributed by atoms with Crippen molar-refractivity contribution in [2.24, 2.45) is 0 Å². The third kappa shape index (κ3) is 4.13. The SMILES string of the molecule is CC[C@H](CC(=O)Oc1cccc2cccc(-c3cccc4cccc(O)c34)c12)c1ccccc1. The number of phenols is 1. The Morgan fingerprint density at radius 1 is 0.735 bits per heavy atom. The Balaban J connectivity index is 1.56. The summed E-state index contributed by atoms with van der Waals surface area (Å²) < 4.78 is 5.98. The summed E-state index contributed by atoms with van der Waals surface area (Å²) in [5.41, 5.74) is 2.97. The second-order valence-corrected chi connectivity index (χ2v) is 8.53. The molecule has 3 heteroatoms. The van der Waals surface area contributed by atoms with Crippen LogP contribution in [-0.2, 0) is 4.79 Å². The van der Waals surface area contributed by atoms with Crippen molar-refractivity contribution in [1.29, 1.82) is 0 Å². The molecule has 3 nitrogen and oxygen atoms in total. The van der Waals surface area contributed by atoms with Gasteiger partial charge in [0.15, 0.2) is 0 Å². The van der Waals surface area contributed by atoms with E-state index in [0.717, 1.165) is 44.7 Å². The van der Waals surface area contributed by atoms with Gasteiger partial charge in [0.05, 0.1) is 6.42 Å². The number of fused-ring (bicyclic) bond motifs is 2. The Kier molecular flexibility index (Phi) is 6.01. The van der Waals surface area contributed by atoms with Gasteiger partial charge in [-0.15, -0.1) is 0 Å². The molecule has 0 amide bonds. The summed E-state index contributed by atoms with van der Waals surface area (Å²) in [6.45, 7) is 2.09. The molecule has 0 unspecified atom stereocenters. The summed E-state index contributed by atoms with van der Waals surface area (Å²) in [4.78, 5) is 13.1. The fourth-order valence-electron chi connectivity index (χ4n) is 4.75. The third-order valence-electron chi connectivity index (χ3n) is 6.44. The van der Waals surface area contributed by atoms with E-state index in [9.17, 15) is 9.90 Å². The highest BCUT2D eigenvalue weighted by molar-refractivity contribution is 6.09. The van der Waals surface area contributed by atoms with Gasteiger partial charge in [-0.2, -0.15) is 0 Å². The van der Waals surface area contributed by atoms with Crippen LogP contribution in [0.4, 0.5) is 0 Å². The molecule has 5 rings (SSSR count). The molecular weight excluding hydrogens is 420 g/mol. The number of ether oxygens (including phenoxy) is 1. The van der Waals surface area contributed by atoms with E-state index in [1.165, 1.54) is 0 Å². The van der Waals surface area contributed by atoms with E-state index < -0.39 is 0 Å². The standard InChI is InChI=1S/C31H26O3/c1-2-21(22-10-4-3-5-11-22)20-29(33)34-28-19-9-15-24-13-7-17-26(31(24)28)25-16-6-12-23-14-8-18-27(32)30(23)25/h3-19,21,32H,2,20H2,1H3/t21-/m1/s1. The Morgan fingerprint density at radius 2 is 1.32 bits per heavy atom. The van der Waals surface area contributed by atoms with Crippen LogP contribution >= 0.6 is 0 Å². The first-order valence-electron chi connectivity index (χ1n) is 11.6. The van der Waals surface area contributed by atoms with Crippen LogP contribution in [0.5, 0.6) is 11.5 Å². The van der Waals surface area contributed by atoms with Crippen LogP contribution in [0, 0.1) is 0 Å². The summed E-state index contributed by atoms with van der Waals surface area (Å²) in [6, 6.07) is 33.4. The second-order valence-electron chi connectivity index (χ2n) is 8.53. The van der Waals surface area contributed by atoms with E-state index in [1.807, 2.05) is 84.9 Å². The first kappa shape index (κ1) is 21.7. The predicted molar refractivity (Wildman–Crippen MR) is 138 cm³/mol. The lowest BCUT2D eigenvalue weighted by Crippen LogP contribution is -2.13. The summed E-state index contributed by atoms with van der Waals surface area (Å²) in [7, 11) is 0. The summed E-state index contributed by atoms with van der Waals surface area (Å²) in [5, 5.41) is 14.2. The highest BCUT2D eigenvalue weighted by Gasteiger charge is 2.19. The average Bonchev–Trinajstić information content (AvgIpc) is 2.87. The lowest BCUT2D eigenvalue weighted by molar-refractivity contribution is -0.134. The van der Waals surface area contributed by atoms with Crippen molar-refractivity contribution in [1.82, 2.24) is 0 Å². The van der Waals surface area contributed by atoms with Crippen LogP contribution in [0.3, 0.4) is 0 Å². The van der Waals surface area contributed by atoms with Crippen molar-refractivity contribution in [2.45, 2.75) is 25.7 Å². The van der Waals surface area contributed by atoms with E-state index in [4.69, 9.17) is 4.74 Å². The summed E-state index contributed by atoms with van der Waals surface area (Å²) >= 11 is 0. The topological polar surface area (TPSA) is 46.5 Å². The first-order valence-corrected chi connectivity index (χ1v) is 11.6. The van der Waals surface area contributed by atoms with Crippen LogP contribution in [0.25, 0.3) is 32.7 Å². The molecule has 1 atom stereocenters. The van der Waals surface area contributed by atoms with Crippen molar-refractivity contribution in [2.75, 3.05) is 0 Å². The number of carbonyl (C=O) groups excluding carboxylic acids is 1. The molecule has 168 valence electrons. The summed E-state index contributed by atoms with van der Waals surface area (Å²) in [6.07, 6.45) is 1.17. The molecule has 0 aliphatic carbocycles. The fraction of sp³-hybridized carbons (Fsp3) is 0.129. The van der Waals surface area contributed by atoms with E-state index >= 15 is 0 Å². The zero-order valence-electron chi connectivity index (χ0n) is 19.1. The molecule has 0 aromatic heterocycles. The van der Waals surface area contributed by atoms with Crippen molar-refractivity contribution < 1.29 is 14.6 Å². The molecule has 0 saturated heterocycles. The van der Waals surface area contributed by atoms with Crippen LogP contribution in [0.1, 0.15) is 31.2 Å². The van der Waals surface area contributed by atoms with Gasteiger partial charge in [-0.1, -0.05) is 97.9 Å². The number of esters is 1. The van der Waals surface area contributed by atoms with Gasteiger partial charge in [0.2, 0.25) is 0 Å². The molecule has 0 saturated carbocycles. The highest BCUT2D eigenvalue weighted by Crippen LogP contribution is 2.41. The van der Waals surface area contributed by atoms with E-state index in [2.05, 4.69) is 19.1 Å². The highest BCUT2D eigenvalue weighted by atomic mass is 16.5. The minimum Gasteiger partial charge on any atom is -0.507 e. The van der Waals surface area contributed by atoms with Crippen molar-refractivity contribution in [3.05, 3.63) is 109 Å². The van der Waals surface area contributed by atoms with Crippen LogP contribution < -0.4 is 4.74 Å². The molecule has 0 radical (unpaired) electrons. The molecule has 0 aliphatic rings.